The summed E-state index contributed by atoms with van der Waals surface area (Å²) in [6.07, 6.45) is 1.19. The van der Waals surface area contributed by atoms with E-state index >= 15 is 0 Å². The SMILES string of the molecule is C[C@@H]1C[C@H](C)CN(C(=O)CSc2cc(=O)n(C)c3ccccc23)C1. The Morgan fingerprint density at radius 2 is 1.88 bits per heavy atom. The third-order valence-corrected chi connectivity index (χ3v) is 5.73. The van der Waals surface area contributed by atoms with Crippen LogP contribution in [0.1, 0.15) is 20.3 Å². The molecule has 0 N–H and O–H groups in total. The maximum absolute atomic E-state index is 12.6. The Morgan fingerprint density at radius 1 is 1.21 bits per heavy atom. The molecule has 0 bridgehead atoms. The molecular weight excluding hydrogens is 320 g/mol. The molecule has 1 aromatic carbocycles. The van der Waals surface area contributed by atoms with Gasteiger partial charge in [-0.2, -0.15) is 0 Å². The van der Waals surface area contributed by atoms with Crippen LogP contribution in [-0.4, -0.2) is 34.2 Å². The number of piperidine rings is 1. The number of thioether (sulfide) groups is 1. The van der Waals surface area contributed by atoms with E-state index in [4.69, 9.17) is 0 Å². The number of pyridine rings is 1. The number of nitrogens with zero attached hydrogens (tertiary/aromatic N) is 2. The van der Waals surface area contributed by atoms with Gasteiger partial charge in [0.15, 0.2) is 0 Å². The third kappa shape index (κ3) is 3.51. The number of amides is 1. The van der Waals surface area contributed by atoms with E-state index in [0.717, 1.165) is 28.9 Å². The zero-order valence-electron chi connectivity index (χ0n) is 14.5. The van der Waals surface area contributed by atoms with Crippen LogP contribution in [0.25, 0.3) is 10.9 Å². The van der Waals surface area contributed by atoms with Crippen LogP contribution in [0.5, 0.6) is 0 Å². The van der Waals surface area contributed by atoms with Gasteiger partial charge in [-0.25, -0.2) is 0 Å². The normalized spacial score (nSPS) is 21.2. The van der Waals surface area contributed by atoms with Gasteiger partial charge in [-0.05, 0) is 24.3 Å². The van der Waals surface area contributed by atoms with Crippen LogP contribution in [-0.2, 0) is 11.8 Å². The molecule has 0 unspecified atom stereocenters. The van der Waals surface area contributed by atoms with Crippen molar-refractivity contribution in [2.75, 3.05) is 18.8 Å². The molecule has 2 atom stereocenters. The highest BCUT2D eigenvalue weighted by Crippen LogP contribution is 2.27. The number of aromatic nitrogens is 1. The minimum Gasteiger partial charge on any atom is -0.341 e. The largest absolute Gasteiger partial charge is 0.341 e. The van der Waals surface area contributed by atoms with E-state index < -0.39 is 0 Å². The molecule has 3 rings (SSSR count). The number of carbonyl (C=O) groups excluding carboxylic acids is 1. The maximum atomic E-state index is 12.6. The van der Waals surface area contributed by atoms with E-state index in [1.807, 2.05) is 29.2 Å². The van der Waals surface area contributed by atoms with Crippen molar-refractivity contribution < 1.29 is 4.79 Å². The Labute approximate surface area is 146 Å². The van der Waals surface area contributed by atoms with Crippen LogP contribution >= 0.6 is 11.8 Å². The summed E-state index contributed by atoms with van der Waals surface area (Å²) in [4.78, 5) is 27.6. The maximum Gasteiger partial charge on any atom is 0.251 e. The van der Waals surface area contributed by atoms with Crippen molar-refractivity contribution in [1.82, 2.24) is 9.47 Å². The molecule has 1 aromatic heterocycles. The molecule has 1 aliphatic rings. The predicted octanol–water partition coefficient (Wildman–Crippen LogP) is 3.14. The molecule has 24 heavy (non-hydrogen) atoms. The van der Waals surface area contributed by atoms with Crippen molar-refractivity contribution in [3.63, 3.8) is 0 Å². The van der Waals surface area contributed by atoms with Crippen LogP contribution in [0.3, 0.4) is 0 Å². The van der Waals surface area contributed by atoms with E-state index in [-0.39, 0.29) is 11.5 Å². The van der Waals surface area contributed by atoms with E-state index in [1.54, 1.807) is 17.7 Å². The van der Waals surface area contributed by atoms with Crippen molar-refractivity contribution in [2.45, 2.75) is 25.2 Å². The number of likely N-dealkylation sites (tertiary alicyclic amines) is 1. The lowest BCUT2D eigenvalue weighted by Crippen LogP contribution is -2.43. The zero-order chi connectivity index (χ0) is 17.3. The Hall–Kier alpha value is -1.75. The number of benzene rings is 1. The lowest BCUT2D eigenvalue weighted by atomic mass is 9.92. The van der Waals surface area contributed by atoms with Crippen molar-refractivity contribution in [1.29, 1.82) is 0 Å². The molecule has 1 saturated heterocycles. The Bertz CT molecular complexity index is 805. The minimum absolute atomic E-state index is 0.0381. The van der Waals surface area contributed by atoms with Gasteiger partial charge in [-0.3, -0.25) is 9.59 Å². The van der Waals surface area contributed by atoms with E-state index in [1.165, 1.54) is 18.2 Å². The first-order chi connectivity index (χ1) is 11.5. The summed E-state index contributed by atoms with van der Waals surface area (Å²) in [5.74, 6) is 1.68. The molecule has 1 aliphatic heterocycles. The number of carbonyl (C=O) groups is 1. The van der Waals surface area contributed by atoms with Gasteiger partial charge in [0.25, 0.3) is 5.56 Å². The Morgan fingerprint density at radius 3 is 2.58 bits per heavy atom. The molecular formula is C19H24N2O2S. The number of hydrogen-bond donors (Lipinski definition) is 0. The van der Waals surface area contributed by atoms with Gasteiger partial charge in [0.05, 0.1) is 11.3 Å². The van der Waals surface area contributed by atoms with Crippen molar-refractivity contribution >= 4 is 28.6 Å². The average molecular weight is 344 g/mol. The topological polar surface area (TPSA) is 42.3 Å². The summed E-state index contributed by atoms with van der Waals surface area (Å²) in [7, 11) is 1.78. The van der Waals surface area contributed by atoms with Crippen LogP contribution in [0.15, 0.2) is 40.0 Å². The van der Waals surface area contributed by atoms with Gasteiger partial charge in [0.2, 0.25) is 5.91 Å². The monoisotopic (exact) mass is 344 g/mol. The van der Waals surface area contributed by atoms with E-state index in [0.29, 0.717) is 17.6 Å². The quantitative estimate of drug-likeness (QED) is 0.804. The third-order valence-electron chi connectivity index (χ3n) is 4.69. The zero-order valence-corrected chi connectivity index (χ0v) is 15.3. The minimum atomic E-state index is -0.0381. The Kier molecular flexibility index (Phi) is 4.99. The number of fused-ring (bicyclic) bond motifs is 1. The fourth-order valence-electron chi connectivity index (χ4n) is 3.60. The van der Waals surface area contributed by atoms with E-state index in [2.05, 4.69) is 13.8 Å². The van der Waals surface area contributed by atoms with E-state index in [9.17, 15) is 9.59 Å². The fourth-order valence-corrected chi connectivity index (χ4v) is 4.57. The van der Waals surface area contributed by atoms with Crippen molar-refractivity contribution in [3.05, 3.63) is 40.7 Å². The fraction of sp³-hybridized carbons (Fsp3) is 0.474. The van der Waals surface area contributed by atoms with Gasteiger partial charge in [0.1, 0.15) is 0 Å². The number of aryl methyl sites for hydroxylation is 1. The first kappa shape index (κ1) is 17.1. The first-order valence-electron chi connectivity index (χ1n) is 8.45. The summed E-state index contributed by atoms with van der Waals surface area (Å²) < 4.78 is 1.65. The summed E-state index contributed by atoms with van der Waals surface area (Å²) in [6.45, 7) is 6.11. The van der Waals surface area contributed by atoms with Crippen LogP contribution in [0.4, 0.5) is 0 Å². The van der Waals surface area contributed by atoms with Crippen molar-refractivity contribution in [2.24, 2.45) is 18.9 Å². The molecule has 2 aromatic rings. The second kappa shape index (κ2) is 7.01. The van der Waals surface area contributed by atoms with Gasteiger partial charge in [0, 0.05) is 36.5 Å². The van der Waals surface area contributed by atoms with Crippen LogP contribution in [0, 0.1) is 11.8 Å². The first-order valence-corrected chi connectivity index (χ1v) is 9.43. The lowest BCUT2D eigenvalue weighted by Gasteiger charge is -2.35. The van der Waals surface area contributed by atoms with Crippen molar-refractivity contribution in [3.8, 4) is 0 Å². The highest BCUT2D eigenvalue weighted by Gasteiger charge is 2.25. The smallest absolute Gasteiger partial charge is 0.251 e. The summed E-state index contributed by atoms with van der Waals surface area (Å²) in [5.41, 5.74) is 0.865. The average Bonchev–Trinajstić information content (AvgIpc) is 2.55. The van der Waals surface area contributed by atoms with Gasteiger partial charge < -0.3 is 9.47 Å². The number of hydrogen-bond acceptors (Lipinski definition) is 3. The van der Waals surface area contributed by atoms with Crippen LogP contribution < -0.4 is 5.56 Å². The molecule has 2 heterocycles. The standard InChI is InChI=1S/C19H24N2O2S/c1-13-8-14(2)11-21(10-13)19(23)12-24-17-9-18(22)20(3)16-7-5-4-6-15(16)17/h4-7,9,13-14H,8,10-12H2,1-3H3/t13-,14+. The summed E-state index contributed by atoms with van der Waals surface area (Å²) in [6, 6.07) is 9.48. The lowest BCUT2D eigenvalue weighted by molar-refractivity contribution is -0.130. The Balaban J connectivity index is 1.77. The summed E-state index contributed by atoms with van der Waals surface area (Å²) in [5, 5.41) is 1.03. The molecule has 5 heteroatoms. The summed E-state index contributed by atoms with van der Waals surface area (Å²) >= 11 is 1.47. The molecule has 0 aliphatic carbocycles. The molecule has 1 fully saturated rings. The van der Waals surface area contributed by atoms with Gasteiger partial charge in [-0.1, -0.05) is 32.0 Å². The van der Waals surface area contributed by atoms with Gasteiger partial charge >= 0.3 is 0 Å². The predicted molar refractivity (Wildman–Crippen MR) is 99.4 cm³/mol. The number of para-hydroxylation sites is 1. The highest BCUT2D eigenvalue weighted by molar-refractivity contribution is 8.00. The molecule has 0 spiro atoms. The molecule has 128 valence electrons. The second-order valence-corrected chi connectivity index (χ2v) is 7.97. The molecule has 1 amide bonds. The second-order valence-electron chi connectivity index (χ2n) is 6.96. The van der Waals surface area contributed by atoms with Crippen LogP contribution in [0.2, 0.25) is 0 Å². The molecule has 4 nitrogen and oxygen atoms in total. The molecule has 0 saturated carbocycles. The van der Waals surface area contributed by atoms with Gasteiger partial charge in [-0.15, -0.1) is 11.8 Å². The molecule has 0 radical (unpaired) electrons. The number of rotatable bonds is 3. The highest BCUT2D eigenvalue weighted by atomic mass is 32.2.